The van der Waals surface area contributed by atoms with Gasteiger partial charge in [0, 0.05) is 12.0 Å². The van der Waals surface area contributed by atoms with Gasteiger partial charge in [-0.2, -0.15) is 0 Å². The van der Waals surface area contributed by atoms with E-state index in [0.717, 1.165) is 6.42 Å². The second-order valence-corrected chi connectivity index (χ2v) is 5.95. The molecule has 0 aromatic heterocycles. The Morgan fingerprint density at radius 2 is 2.30 bits per heavy atom. The number of allylic oxidation sites excluding steroid dienone is 5. The standard InChI is InChI=1S/C18H26N2O3/c1-13(21)20-17(12-18(22)23-2)11-15-8-9-19-16-7-5-3-4-6-14(15)10-16/h4-10,13,15-17,19-21H,3,11-12H2,1-2H3/b6-4-,7-5+. The lowest BCUT2D eigenvalue weighted by Crippen LogP contribution is -2.39. The number of hydrogen-bond acceptors (Lipinski definition) is 5. The summed E-state index contributed by atoms with van der Waals surface area (Å²) in [4.78, 5) is 11.6. The molecule has 2 rings (SSSR count). The van der Waals surface area contributed by atoms with E-state index in [2.05, 4.69) is 47.1 Å². The monoisotopic (exact) mass is 318 g/mol. The second-order valence-electron chi connectivity index (χ2n) is 5.95. The van der Waals surface area contributed by atoms with E-state index in [4.69, 9.17) is 4.74 Å². The van der Waals surface area contributed by atoms with Crippen LogP contribution in [-0.4, -0.2) is 36.5 Å². The predicted octanol–water partition coefficient (Wildman–Crippen LogP) is 1.78. The topological polar surface area (TPSA) is 70.6 Å². The van der Waals surface area contributed by atoms with Crippen LogP contribution in [0.3, 0.4) is 0 Å². The number of aliphatic hydroxyl groups excluding tert-OH is 1. The lowest BCUT2D eigenvalue weighted by atomic mass is 9.89. The molecule has 23 heavy (non-hydrogen) atoms. The van der Waals surface area contributed by atoms with Crippen molar-refractivity contribution in [2.45, 2.75) is 44.5 Å². The number of aliphatic hydroxyl groups is 1. The van der Waals surface area contributed by atoms with E-state index in [1.807, 2.05) is 6.20 Å². The SMILES string of the molecule is COC(=O)CC(CC1C=CNC2C=C1/C=C\C/C=C/2)NC(C)O. The third kappa shape index (κ3) is 5.69. The maximum absolute atomic E-state index is 11.6. The molecule has 0 spiro atoms. The minimum atomic E-state index is -0.671. The number of fused-ring (bicyclic) bond motifs is 1. The fourth-order valence-corrected chi connectivity index (χ4v) is 2.93. The van der Waals surface area contributed by atoms with Crippen molar-refractivity contribution in [1.82, 2.24) is 10.6 Å². The normalized spacial score (nSPS) is 28.2. The van der Waals surface area contributed by atoms with E-state index in [-0.39, 0.29) is 30.4 Å². The van der Waals surface area contributed by atoms with Gasteiger partial charge < -0.3 is 15.2 Å². The van der Waals surface area contributed by atoms with Crippen LogP contribution in [0.2, 0.25) is 0 Å². The number of methoxy groups -OCH3 is 1. The van der Waals surface area contributed by atoms with Crippen molar-refractivity contribution in [2.75, 3.05) is 7.11 Å². The van der Waals surface area contributed by atoms with Crippen molar-refractivity contribution in [3.05, 3.63) is 48.2 Å². The van der Waals surface area contributed by atoms with Crippen LogP contribution in [0.5, 0.6) is 0 Å². The van der Waals surface area contributed by atoms with Crippen molar-refractivity contribution < 1.29 is 14.6 Å². The molecule has 3 N–H and O–H groups in total. The highest BCUT2D eigenvalue weighted by Gasteiger charge is 2.22. The van der Waals surface area contributed by atoms with Crippen LogP contribution in [0.15, 0.2) is 48.2 Å². The Bertz CT molecular complexity index is 520. The molecule has 4 atom stereocenters. The van der Waals surface area contributed by atoms with Gasteiger partial charge in [-0.05, 0) is 31.5 Å². The molecule has 2 bridgehead atoms. The smallest absolute Gasteiger partial charge is 0.307 e. The van der Waals surface area contributed by atoms with Gasteiger partial charge in [-0.15, -0.1) is 0 Å². The molecular formula is C18H26N2O3. The zero-order chi connectivity index (χ0) is 16.7. The van der Waals surface area contributed by atoms with E-state index in [1.165, 1.54) is 12.7 Å². The first kappa shape index (κ1) is 17.5. The van der Waals surface area contributed by atoms with Crippen molar-refractivity contribution in [2.24, 2.45) is 5.92 Å². The van der Waals surface area contributed by atoms with E-state index < -0.39 is 6.23 Å². The molecule has 0 aromatic rings. The molecule has 0 saturated carbocycles. The van der Waals surface area contributed by atoms with Gasteiger partial charge in [0.05, 0.1) is 19.6 Å². The Kier molecular flexibility index (Phi) is 6.62. The van der Waals surface area contributed by atoms with Crippen LogP contribution in [0.1, 0.15) is 26.2 Å². The number of esters is 1. The van der Waals surface area contributed by atoms with Gasteiger partial charge in [0.1, 0.15) is 6.23 Å². The Morgan fingerprint density at radius 1 is 1.48 bits per heavy atom. The Balaban J connectivity index is 2.13. The predicted molar refractivity (Wildman–Crippen MR) is 90.4 cm³/mol. The molecule has 2 aliphatic rings. The summed E-state index contributed by atoms with van der Waals surface area (Å²) >= 11 is 0. The average molecular weight is 318 g/mol. The van der Waals surface area contributed by atoms with E-state index in [1.54, 1.807) is 6.92 Å². The van der Waals surface area contributed by atoms with Crippen LogP contribution in [-0.2, 0) is 9.53 Å². The summed E-state index contributed by atoms with van der Waals surface area (Å²) in [7, 11) is 1.38. The van der Waals surface area contributed by atoms with Gasteiger partial charge in [-0.25, -0.2) is 0 Å². The lowest BCUT2D eigenvalue weighted by molar-refractivity contribution is -0.141. The molecule has 1 heterocycles. The Labute approximate surface area is 137 Å². The Hall–Kier alpha value is -1.85. The third-order valence-corrected chi connectivity index (χ3v) is 4.00. The number of rotatable bonds is 6. The molecule has 5 nitrogen and oxygen atoms in total. The third-order valence-electron chi connectivity index (χ3n) is 4.00. The molecule has 0 radical (unpaired) electrons. The number of carbonyl (C=O) groups excluding carboxylic acids is 1. The molecule has 4 unspecified atom stereocenters. The van der Waals surface area contributed by atoms with Crippen LogP contribution in [0.4, 0.5) is 0 Å². The average Bonchev–Trinajstić information content (AvgIpc) is 2.67. The van der Waals surface area contributed by atoms with E-state index in [9.17, 15) is 9.90 Å². The minimum Gasteiger partial charge on any atom is -0.469 e. The molecule has 0 fully saturated rings. The number of hydrogen-bond donors (Lipinski definition) is 3. The van der Waals surface area contributed by atoms with Crippen LogP contribution in [0, 0.1) is 5.92 Å². The largest absolute Gasteiger partial charge is 0.469 e. The molecular weight excluding hydrogens is 292 g/mol. The van der Waals surface area contributed by atoms with Crippen LogP contribution < -0.4 is 10.6 Å². The second kappa shape index (κ2) is 8.70. The summed E-state index contributed by atoms with van der Waals surface area (Å²) in [5, 5.41) is 16.0. The number of carbonyl (C=O) groups is 1. The Morgan fingerprint density at radius 3 is 3.04 bits per heavy atom. The summed E-state index contributed by atoms with van der Waals surface area (Å²) in [6, 6.07) is 0.0453. The van der Waals surface area contributed by atoms with E-state index >= 15 is 0 Å². The molecule has 0 saturated heterocycles. The van der Waals surface area contributed by atoms with Crippen molar-refractivity contribution in [3.63, 3.8) is 0 Å². The first-order valence-electron chi connectivity index (χ1n) is 8.07. The van der Waals surface area contributed by atoms with Crippen molar-refractivity contribution >= 4 is 5.97 Å². The molecule has 0 amide bonds. The lowest BCUT2D eigenvalue weighted by Gasteiger charge is -2.24. The number of nitrogens with one attached hydrogen (secondary N) is 2. The van der Waals surface area contributed by atoms with Gasteiger partial charge in [-0.1, -0.05) is 36.5 Å². The van der Waals surface area contributed by atoms with Crippen LogP contribution in [0.25, 0.3) is 0 Å². The van der Waals surface area contributed by atoms with Crippen molar-refractivity contribution in [1.29, 1.82) is 0 Å². The van der Waals surface area contributed by atoms with Gasteiger partial charge in [0.25, 0.3) is 0 Å². The highest BCUT2D eigenvalue weighted by atomic mass is 16.5. The van der Waals surface area contributed by atoms with Gasteiger partial charge >= 0.3 is 5.97 Å². The van der Waals surface area contributed by atoms with Crippen LogP contribution >= 0.6 is 0 Å². The fourth-order valence-electron chi connectivity index (χ4n) is 2.93. The maximum Gasteiger partial charge on any atom is 0.307 e. The van der Waals surface area contributed by atoms with Crippen molar-refractivity contribution in [3.8, 4) is 0 Å². The quantitative estimate of drug-likeness (QED) is 0.396. The fraction of sp³-hybridized carbons (Fsp3) is 0.500. The zero-order valence-corrected chi connectivity index (χ0v) is 13.7. The minimum absolute atomic E-state index is 0.149. The highest BCUT2D eigenvalue weighted by Crippen LogP contribution is 2.25. The maximum atomic E-state index is 11.6. The number of ether oxygens (including phenoxy) is 1. The first-order valence-corrected chi connectivity index (χ1v) is 8.07. The zero-order valence-electron chi connectivity index (χ0n) is 13.7. The molecule has 0 aromatic carbocycles. The summed E-state index contributed by atoms with van der Waals surface area (Å²) in [6.07, 6.45) is 16.1. The van der Waals surface area contributed by atoms with Gasteiger partial charge in [-0.3, -0.25) is 10.1 Å². The molecule has 1 aliphatic heterocycles. The molecule has 1 aliphatic carbocycles. The van der Waals surface area contributed by atoms with E-state index in [0.29, 0.717) is 6.42 Å². The molecule has 126 valence electrons. The summed E-state index contributed by atoms with van der Waals surface area (Å²) in [6.45, 7) is 1.66. The van der Waals surface area contributed by atoms with Gasteiger partial charge in [0.2, 0.25) is 0 Å². The molecule has 5 heteroatoms. The summed E-state index contributed by atoms with van der Waals surface area (Å²) in [5.74, 6) is -0.0990. The summed E-state index contributed by atoms with van der Waals surface area (Å²) in [5.41, 5.74) is 1.22. The first-order chi connectivity index (χ1) is 11.1. The summed E-state index contributed by atoms with van der Waals surface area (Å²) < 4.78 is 4.77. The highest BCUT2D eigenvalue weighted by molar-refractivity contribution is 5.69. The van der Waals surface area contributed by atoms with Gasteiger partial charge in [0.15, 0.2) is 0 Å².